The van der Waals surface area contributed by atoms with Gasteiger partial charge in [-0.05, 0) is 62.3 Å². The van der Waals surface area contributed by atoms with Gasteiger partial charge in [-0.1, -0.05) is 19.8 Å². The summed E-state index contributed by atoms with van der Waals surface area (Å²) in [6.07, 6.45) is 10.4. The van der Waals surface area contributed by atoms with Gasteiger partial charge in [0.05, 0.1) is 0 Å². The Hall–Kier alpha value is -0.0400. The van der Waals surface area contributed by atoms with E-state index < -0.39 is 0 Å². The van der Waals surface area contributed by atoms with Crippen LogP contribution in [0.3, 0.4) is 0 Å². The molecule has 1 nitrogen and oxygen atoms in total. The van der Waals surface area contributed by atoms with Gasteiger partial charge in [0.1, 0.15) is 0 Å². The first kappa shape index (κ1) is 10.1. The Kier molecular flexibility index (Phi) is 2.76. The van der Waals surface area contributed by atoms with E-state index in [9.17, 15) is 0 Å². The topological polar surface area (TPSA) is 12.0 Å². The van der Waals surface area contributed by atoms with Gasteiger partial charge in [0.25, 0.3) is 0 Å². The van der Waals surface area contributed by atoms with Crippen LogP contribution in [0.5, 0.6) is 0 Å². The Bertz CT molecular complexity index is 225. The monoisotopic (exact) mass is 207 g/mol. The van der Waals surface area contributed by atoms with Crippen molar-refractivity contribution in [2.24, 2.45) is 23.7 Å². The second-order valence-electron chi connectivity index (χ2n) is 6.07. The molecule has 1 N–H and O–H groups in total. The first-order chi connectivity index (χ1) is 7.40. The van der Waals surface area contributed by atoms with Crippen molar-refractivity contribution in [2.75, 3.05) is 6.54 Å². The maximum absolute atomic E-state index is 3.83. The van der Waals surface area contributed by atoms with Crippen LogP contribution in [-0.2, 0) is 0 Å². The number of rotatable bonds is 4. The molecule has 3 aliphatic rings. The number of fused-ring (bicyclic) bond motifs is 5. The van der Waals surface area contributed by atoms with Gasteiger partial charge in [-0.3, -0.25) is 0 Å². The lowest BCUT2D eigenvalue weighted by molar-refractivity contribution is 0.209. The quantitative estimate of drug-likeness (QED) is 0.698. The van der Waals surface area contributed by atoms with Gasteiger partial charge in [0, 0.05) is 6.04 Å². The Morgan fingerprint density at radius 2 is 1.93 bits per heavy atom. The Morgan fingerprint density at radius 3 is 2.80 bits per heavy atom. The lowest BCUT2D eigenvalue weighted by Crippen LogP contribution is -2.39. The summed E-state index contributed by atoms with van der Waals surface area (Å²) in [4.78, 5) is 0. The summed E-state index contributed by atoms with van der Waals surface area (Å²) in [6, 6.07) is 0.904. The number of hydrogen-bond donors (Lipinski definition) is 1. The van der Waals surface area contributed by atoms with Crippen LogP contribution in [0.25, 0.3) is 0 Å². The minimum atomic E-state index is 0.904. The van der Waals surface area contributed by atoms with Gasteiger partial charge in [-0.2, -0.15) is 0 Å². The van der Waals surface area contributed by atoms with Gasteiger partial charge in [-0.25, -0.2) is 0 Å². The number of hydrogen-bond acceptors (Lipinski definition) is 1. The number of unbranched alkanes of at least 4 members (excludes halogenated alkanes) is 1. The van der Waals surface area contributed by atoms with Crippen LogP contribution in [0, 0.1) is 23.7 Å². The van der Waals surface area contributed by atoms with Crippen molar-refractivity contribution in [3.05, 3.63) is 0 Å². The first-order valence-corrected chi connectivity index (χ1v) is 7.13. The highest BCUT2D eigenvalue weighted by Gasteiger charge is 2.53. The van der Waals surface area contributed by atoms with Gasteiger partial charge in [0.2, 0.25) is 0 Å². The maximum atomic E-state index is 3.83. The van der Waals surface area contributed by atoms with Gasteiger partial charge in [-0.15, -0.1) is 0 Å². The molecule has 3 aliphatic carbocycles. The van der Waals surface area contributed by atoms with Crippen LogP contribution in [-0.4, -0.2) is 12.6 Å². The molecule has 0 unspecified atom stereocenters. The van der Waals surface area contributed by atoms with E-state index in [4.69, 9.17) is 0 Å². The zero-order valence-corrected chi connectivity index (χ0v) is 10.0. The third-order valence-electron chi connectivity index (χ3n) is 5.37. The van der Waals surface area contributed by atoms with Crippen LogP contribution in [0.15, 0.2) is 0 Å². The molecule has 0 aromatic carbocycles. The van der Waals surface area contributed by atoms with Gasteiger partial charge in [0.15, 0.2) is 0 Å². The summed E-state index contributed by atoms with van der Waals surface area (Å²) in [5, 5.41) is 3.83. The highest BCUT2D eigenvalue weighted by molar-refractivity contribution is 5.05. The smallest absolute Gasteiger partial charge is 0.0101 e. The van der Waals surface area contributed by atoms with Crippen molar-refractivity contribution in [3.63, 3.8) is 0 Å². The summed E-state index contributed by atoms with van der Waals surface area (Å²) in [6.45, 7) is 3.55. The summed E-state index contributed by atoms with van der Waals surface area (Å²) < 4.78 is 0. The van der Waals surface area contributed by atoms with Crippen LogP contribution < -0.4 is 5.32 Å². The van der Waals surface area contributed by atoms with E-state index in [0.29, 0.717) is 0 Å². The van der Waals surface area contributed by atoms with E-state index in [1.54, 1.807) is 19.3 Å². The van der Waals surface area contributed by atoms with Crippen LogP contribution in [0.2, 0.25) is 0 Å². The van der Waals surface area contributed by atoms with Crippen LogP contribution in [0.1, 0.15) is 51.9 Å². The molecule has 15 heavy (non-hydrogen) atoms. The Labute approximate surface area is 94.0 Å². The fraction of sp³-hybridized carbons (Fsp3) is 1.00. The molecule has 86 valence electrons. The van der Waals surface area contributed by atoms with E-state index in [1.165, 1.54) is 32.2 Å². The van der Waals surface area contributed by atoms with Crippen molar-refractivity contribution >= 4 is 0 Å². The molecule has 0 amide bonds. The zero-order valence-electron chi connectivity index (χ0n) is 10.0. The van der Waals surface area contributed by atoms with Crippen molar-refractivity contribution < 1.29 is 0 Å². The molecule has 3 rings (SSSR count). The van der Waals surface area contributed by atoms with E-state index in [1.807, 2.05) is 0 Å². The lowest BCUT2D eigenvalue weighted by atomic mass is 9.79. The highest BCUT2D eigenvalue weighted by atomic mass is 14.9. The maximum Gasteiger partial charge on any atom is 0.0101 e. The minimum absolute atomic E-state index is 0.904. The SMILES string of the molecule is CCCCN[C@H]1C[C@H]2C[C@@H]1[C@H]1CCC[C@H]21. The zero-order chi connectivity index (χ0) is 10.3. The van der Waals surface area contributed by atoms with Crippen molar-refractivity contribution in [1.82, 2.24) is 5.32 Å². The van der Waals surface area contributed by atoms with Crippen LogP contribution in [0.4, 0.5) is 0 Å². The minimum Gasteiger partial charge on any atom is -0.314 e. The molecule has 1 heteroatoms. The first-order valence-electron chi connectivity index (χ1n) is 7.13. The molecule has 0 saturated heterocycles. The van der Waals surface area contributed by atoms with E-state index in [-0.39, 0.29) is 0 Å². The second kappa shape index (κ2) is 4.08. The summed E-state index contributed by atoms with van der Waals surface area (Å²) >= 11 is 0. The molecule has 2 bridgehead atoms. The molecule has 0 spiro atoms. The molecule has 0 aliphatic heterocycles. The third kappa shape index (κ3) is 1.63. The van der Waals surface area contributed by atoms with E-state index >= 15 is 0 Å². The molecule has 0 radical (unpaired) electrons. The molecule has 0 aromatic heterocycles. The number of nitrogens with one attached hydrogen (secondary N) is 1. The lowest BCUT2D eigenvalue weighted by Gasteiger charge is -2.32. The molecule has 5 atom stereocenters. The van der Waals surface area contributed by atoms with Crippen molar-refractivity contribution in [2.45, 2.75) is 57.9 Å². The van der Waals surface area contributed by atoms with Gasteiger partial charge >= 0.3 is 0 Å². The van der Waals surface area contributed by atoms with Gasteiger partial charge < -0.3 is 5.32 Å². The average Bonchev–Trinajstić information content (AvgIpc) is 2.89. The Morgan fingerprint density at radius 1 is 1.07 bits per heavy atom. The predicted molar refractivity (Wildman–Crippen MR) is 63.7 cm³/mol. The molecule has 0 aromatic rings. The summed E-state index contributed by atoms with van der Waals surface area (Å²) in [5.41, 5.74) is 0. The molecule has 3 fully saturated rings. The summed E-state index contributed by atoms with van der Waals surface area (Å²) in [7, 11) is 0. The van der Waals surface area contributed by atoms with E-state index in [2.05, 4.69) is 12.2 Å². The largest absolute Gasteiger partial charge is 0.314 e. The molecule has 0 heterocycles. The predicted octanol–water partition coefficient (Wildman–Crippen LogP) is 3.20. The fourth-order valence-electron chi connectivity index (χ4n) is 4.77. The van der Waals surface area contributed by atoms with Crippen molar-refractivity contribution in [3.8, 4) is 0 Å². The second-order valence-corrected chi connectivity index (χ2v) is 6.07. The van der Waals surface area contributed by atoms with Crippen molar-refractivity contribution in [1.29, 1.82) is 0 Å². The fourth-order valence-corrected chi connectivity index (χ4v) is 4.77. The Balaban J connectivity index is 1.56. The average molecular weight is 207 g/mol. The molecular formula is C14H25N. The normalized spacial score (nSPS) is 47.4. The van der Waals surface area contributed by atoms with Crippen LogP contribution >= 0.6 is 0 Å². The summed E-state index contributed by atoms with van der Waals surface area (Å²) in [5.74, 6) is 4.46. The molecule has 3 saturated carbocycles. The molecular weight excluding hydrogens is 182 g/mol. The van der Waals surface area contributed by atoms with E-state index in [0.717, 1.165) is 29.7 Å². The third-order valence-corrected chi connectivity index (χ3v) is 5.37. The standard InChI is InChI=1S/C14H25N/c1-2-3-7-15-14-9-10-8-13(14)12-6-4-5-11(10)12/h10-15H,2-9H2,1H3/t10-,11-,12+,13-,14+/m1/s1. The highest BCUT2D eigenvalue weighted by Crippen LogP contribution is 2.58.